The van der Waals surface area contributed by atoms with E-state index < -0.39 is 0 Å². The lowest BCUT2D eigenvalue weighted by Crippen LogP contribution is -2.00. The molecule has 0 aliphatic carbocycles. The standard InChI is InChI=1S/C10H13O3/c1-12-9-5-2-3-6-10(9)13-8-4-7-11/h3,5-6,11H,4,7-8H2,1H3. The number of aliphatic hydroxyl groups excluding tert-OH is 1. The number of benzene rings is 1. The molecule has 1 N–H and O–H groups in total. The highest BCUT2D eigenvalue weighted by molar-refractivity contribution is 5.38. The molecule has 71 valence electrons. The molecule has 13 heavy (non-hydrogen) atoms. The van der Waals surface area contributed by atoms with Crippen molar-refractivity contribution >= 4 is 0 Å². The molecule has 0 atom stereocenters. The second-order valence-electron chi connectivity index (χ2n) is 2.50. The van der Waals surface area contributed by atoms with Crippen LogP contribution in [0.3, 0.4) is 0 Å². The Balaban J connectivity index is 2.54. The van der Waals surface area contributed by atoms with Crippen molar-refractivity contribution in [1.29, 1.82) is 0 Å². The van der Waals surface area contributed by atoms with E-state index in [4.69, 9.17) is 14.6 Å². The van der Waals surface area contributed by atoms with Crippen LogP contribution in [0.2, 0.25) is 0 Å². The van der Waals surface area contributed by atoms with Gasteiger partial charge in [-0.25, -0.2) is 0 Å². The van der Waals surface area contributed by atoms with Crippen molar-refractivity contribution < 1.29 is 14.6 Å². The van der Waals surface area contributed by atoms with Crippen molar-refractivity contribution in [3.63, 3.8) is 0 Å². The molecule has 0 fully saturated rings. The van der Waals surface area contributed by atoms with E-state index >= 15 is 0 Å². The zero-order valence-electron chi connectivity index (χ0n) is 7.62. The van der Waals surface area contributed by atoms with Crippen molar-refractivity contribution in [2.45, 2.75) is 6.42 Å². The van der Waals surface area contributed by atoms with Crippen LogP contribution in [0.1, 0.15) is 6.42 Å². The highest BCUT2D eigenvalue weighted by Crippen LogP contribution is 2.25. The number of ether oxygens (including phenoxy) is 2. The van der Waals surface area contributed by atoms with Gasteiger partial charge in [0.15, 0.2) is 11.5 Å². The molecule has 0 spiro atoms. The SMILES string of the molecule is COc1c[c]ccc1OCCCO. The molecule has 0 saturated carbocycles. The van der Waals surface area contributed by atoms with Gasteiger partial charge in [-0.3, -0.25) is 0 Å². The summed E-state index contributed by atoms with van der Waals surface area (Å²) in [7, 11) is 1.59. The maximum Gasteiger partial charge on any atom is 0.161 e. The minimum Gasteiger partial charge on any atom is -0.493 e. The van der Waals surface area contributed by atoms with Gasteiger partial charge in [-0.2, -0.15) is 0 Å². The van der Waals surface area contributed by atoms with Crippen LogP contribution in [0.5, 0.6) is 11.5 Å². The quantitative estimate of drug-likeness (QED) is 0.695. The summed E-state index contributed by atoms with van der Waals surface area (Å²) in [6.45, 7) is 0.637. The second-order valence-corrected chi connectivity index (χ2v) is 2.50. The first-order chi connectivity index (χ1) is 6.38. The van der Waals surface area contributed by atoms with Crippen LogP contribution < -0.4 is 9.47 Å². The van der Waals surface area contributed by atoms with Crippen LogP contribution in [-0.4, -0.2) is 25.4 Å². The van der Waals surface area contributed by atoms with Crippen LogP contribution in [0.4, 0.5) is 0 Å². The lowest BCUT2D eigenvalue weighted by Gasteiger charge is -2.08. The fraction of sp³-hybridized carbons (Fsp3) is 0.400. The first kappa shape index (κ1) is 9.86. The molecular weight excluding hydrogens is 168 g/mol. The van der Waals surface area contributed by atoms with Gasteiger partial charge in [0.2, 0.25) is 0 Å². The molecule has 1 radical (unpaired) electrons. The van der Waals surface area contributed by atoms with Crippen molar-refractivity contribution in [3.8, 4) is 11.5 Å². The van der Waals surface area contributed by atoms with E-state index in [-0.39, 0.29) is 6.61 Å². The summed E-state index contributed by atoms with van der Waals surface area (Å²) in [5.74, 6) is 1.36. The van der Waals surface area contributed by atoms with Gasteiger partial charge in [-0.15, -0.1) is 0 Å². The molecular formula is C10H13O3. The molecule has 0 aliphatic heterocycles. The Bertz CT molecular complexity index is 248. The summed E-state index contributed by atoms with van der Waals surface area (Å²) in [6, 6.07) is 8.15. The number of aliphatic hydroxyl groups is 1. The van der Waals surface area contributed by atoms with Gasteiger partial charge in [-0.05, 0) is 18.2 Å². The third-order valence-electron chi connectivity index (χ3n) is 1.57. The lowest BCUT2D eigenvalue weighted by atomic mass is 10.3. The van der Waals surface area contributed by atoms with E-state index in [1.165, 1.54) is 0 Å². The second kappa shape index (κ2) is 5.43. The molecule has 0 saturated heterocycles. The van der Waals surface area contributed by atoms with Crippen molar-refractivity contribution in [3.05, 3.63) is 24.3 Å². The van der Waals surface area contributed by atoms with Gasteiger partial charge in [0.25, 0.3) is 0 Å². The highest BCUT2D eigenvalue weighted by Gasteiger charge is 2.00. The van der Waals surface area contributed by atoms with Crippen molar-refractivity contribution in [2.75, 3.05) is 20.3 Å². The van der Waals surface area contributed by atoms with Crippen LogP contribution in [0, 0.1) is 6.07 Å². The zero-order valence-corrected chi connectivity index (χ0v) is 7.62. The fourth-order valence-electron chi connectivity index (χ4n) is 0.926. The van der Waals surface area contributed by atoms with E-state index in [9.17, 15) is 0 Å². The van der Waals surface area contributed by atoms with Crippen molar-refractivity contribution in [2.24, 2.45) is 0 Å². The molecule has 1 rings (SSSR count). The summed E-state index contributed by atoms with van der Waals surface area (Å²) in [5.41, 5.74) is 0. The zero-order chi connectivity index (χ0) is 9.52. The molecule has 1 aromatic carbocycles. The summed E-state index contributed by atoms with van der Waals surface area (Å²) < 4.78 is 10.4. The van der Waals surface area contributed by atoms with Crippen LogP contribution >= 0.6 is 0 Å². The smallest absolute Gasteiger partial charge is 0.161 e. The molecule has 1 aromatic rings. The predicted molar refractivity (Wildman–Crippen MR) is 49.0 cm³/mol. The summed E-state index contributed by atoms with van der Waals surface area (Å²) in [4.78, 5) is 0. The third kappa shape index (κ3) is 2.95. The highest BCUT2D eigenvalue weighted by atomic mass is 16.5. The Morgan fingerprint density at radius 3 is 3.00 bits per heavy atom. The molecule has 0 amide bonds. The summed E-state index contributed by atoms with van der Waals surface area (Å²) in [5, 5.41) is 8.55. The average molecular weight is 181 g/mol. The minimum absolute atomic E-state index is 0.140. The molecule has 0 unspecified atom stereocenters. The Hall–Kier alpha value is -1.22. The Morgan fingerprint density at radius 2 is 2.31 bits per heavy atom. The van der Waals surface area contributed by atoms with Crippen molar-refractivity contribution in [1.82, 2.24) is 0 Å². The van der Waals surface area contributed by atoms with Gasteiger partial charge < -0.3 is 14.6 Å². The van der Waals surface area contributed by atoms with E-state index in [0.29, 0.717) is 24.5 Å². The van der Waals surface area contributed by atoms with E-state index in [2.05, 4.69) is 6.07 Å². The van der Waals surface area contributed by atoms with Crippen LogP contribution in [0.25, 0.3) is 0 Å². The number of hydrogen-bond donors (Lipinski definition) is 1. The number of rotatable bonds is 5. The summed E-state index contributed by atoms with van der Waals surface area (Å²) >= 11 is 0. The van der Waals surface area contributed by atoms with E-state index in [0.717, 1.165) is 0 Å². The predicted octanol–water partition coefficient (Wildman–Crippen LogP) is 1.26. The van der Waals surface area contributed by atoms with Gasteiger partial charge in [0.05, 0.1) is 13.7 Å². The molecule has 0 aliphatic rings. The van der Waals surface area contributed by atoms with Gasteiger partial charge in [0, 0.05) is 13.0 Å². The first-order valence-corrected chi connectivity index (χ1v) is 4.16. The average Bonchev–Trinajstić information content (AvgIpc) is 2.19. The molecule has 3 nitrogen and oxygen atoms in total. The number of methoxy groups -OCH3 is 1. The lowest BCUT2D eigenvalue weighted by molar-refractivity contribution is 0.228. The molecule has 0 bridgehead atoms. The Kier molecular flexibility index (Phi) is 4.12. The Labute approximate surface area is 77.9 Å². The summed E-state index contributed by atoms with van der Waals surface area (Å²) in [6.07, 6.45) is 0.627. The van der Waals surface area contributed by atoms with Gasteiger partial charge >= 0.3 is 0 Å². The number of hydrogen-bond acceptors (Lipinski definition) is 3. The minimum atomic E-state index is 0.140. The molecule has 3 heteroatoms. The monoisotopic (exact) mass is 181 g/mol. The third-order valence-corrected chi connectivity index (χ3v) is 1.57. The maximum atomic E-state index is 8.55. The normalized spacial score (nSPS) is 9.69. The maximum absolute atomic E-state index is 8.55. The molecule has 0 aromatic heterocycles. The topological polar surface area (TPSA) is 38.7 Å². The van der Waals surface area contributed by atoms with Gasteiger partial charge in [0.1, 0.15) is 0 Å². The van der Waals surface area contributed by atoms with E-state index in [1.807, 2.05) is 0 Å². The first-order valence-electron chi connectivity index (χ1n) is 4.16. The van der Waals surface area contributed by atoms with Gasteiger partial charge in [-0.1, -0.05) is 6.07 Å². The van der Waals surface area contributed by atoms with Crippen LogP contribution in [-0.2, 0) is 0 Å². The Morgan fingerprint density at radius 1 is 1.46 bits per heavy atom. The fourth-order valence-corrected chi connectivity index (χ4v) is 0.926. The van der Waals surface area contributed by atoms with E-state index in [1.54, 1.807) is 25.3 Å². The molecule has 0 heterocycles. The van der Waals surface area contributed by atoms with Crippen LogP contribution in [0.15, 0.2) is 18.2 Å². The largest absolute Gasteiger partial charge is 0.493 e.